The Kier molecular flexibility index (Phi) is 3.96. The number of hydrogen-bond acceptors (Lipinski definition) is 4. The van der Waals surface area contributed by atoms with Gasteiger partial charge in [-0.25, -0.2) is 0 Å². The normalized spacial score (nSPS) is 11.1. The maximum atomic E-state index is 5.45. The predicted octanol–water partition coefficient (Wildman–Crippen LogP) is 2.51. The molecule has 0 amide bonds. The van der Waals surface area contributed by atoms with Gasteiger partial charge in [-0.05, 0) is 22.6 Å². The van der Waals surface area contributed by atoms with E-state index in [-0.39, 0.29) is 0 Å². The molecule has 0 radical (unpaired) electrons. The molecular formula is C10H9ClN4S. The Hall–Kier alpha value is -1.33. The van der Waals surface area contributed by atoms with Crippen LogP contribution in [-0.4, -0.2) is 26.0 Å². The number of thioether (sulfide) groups is 1. The van der Waals surface area contributed by atoms with Gasteiger partial charge in [0, 0.05) is 11.3 Å². The van der Waals surface area contributed by atoms with Crippen LogP contribution in [0.1, 0.15) is 0 Å². The fourth-order valence-corrected chi connectivity index (χ4v) is 2.05. The van der Waals surface area contributed by atoms with Gasteiger partial charge in [-0.15, -0.1) is 5.10 Å². The number of halogens is 1. The van der Waals surface area contributed by atoms with Gasteiger partial charge in [0.25, 0.3) is 0 Å². The van der Waals surface area contributed by atoms with E-state index >= 15 is 0 Å². The number of hydrogen-bond donors (Lipinski definition) is 0. The number of nitrogens with zero attached hydrogens (tertiary/aromatic N) is 4. The van der Waals surface area contributed by atoms with E-state index in [2.05, 4.69) is 15.5 Å². The van der Waals surface area contributed by atoms with E-state index in [1.807, 2.05) is 36.4 Å². The minimum atomic E-state index is 0.747. The van der Waals surface area contributed by atoms with Crippen molar-refractivity contribution in [1.29, 1.82) is 0 Å². The summed E-state index contributed by atoms with van der Waals surface area (Å²) in [6.07, 6.45) is 1.84. The van der Waals surface area contributed by atoms with E-state index in [1.54, 1.807) is 4.68 Å². The average Bonchev–Trinajstić information content (AvgIpc) is 2.79. The van der Waals surface area contributed by atoms with E-state index in [4.69, 9.17) is 11.6 Å². The zero-order valence-electron chi connectivity index (χ0n) is 8.32. The van der Waals surface area contributed by atoms with E-state index in [1.165, 1.54) is 17.3 Å². The number of para-hydroxylation sites is 1. The third-order valence-corrected chi connectivity index (χ3v) is 2.89. The molecule has 1 aromatic carbocycles. The second kappa shape index (κ2) is 5.67. The molecule has 0 aliphatic heterocycles. The van der Waals surface area contributed by atoms with Crippen LogP contribution in [-0.2, 0) is 0 Å². The summed E-state index contributed by atoms with van der Waals surface area (Å²) in [4.78, 5) is 0. The van der Waals surface area contributed by atoms with E-state index in [9.17, 15) is 0 Å². The molecule has 2 aromatic rings. The second-order valence-corrected chi connectivity index (χ2v) is 4.12. The number of benzene rings is 1. The van der Waals surface area contributed by atoms with Crippen LogP contribution in [0, 0.1) is 0 Å². The summed E-state index contributed by atoms with van der Waals surface area (Å²) in [6.45, 7) is 0. The van der Waals surface area contributed by atoms with Crippen LogP contribution in [0.25, 0.3) is 5.69 Å². The van der Waals surface area contributed by atoms with Crippen molar-refractivity contribution in [2.45, 2.75) is 5.16 Å². The van der Waals surface area contributed by atoms with Crippen molar-refractivity contribution in [3.8, 4) is 5.69 Å². The molecule has 1 aromatic heterocycles. The Morgan fingerprint density at radius 3 is 2.88 bits per heavy atom. The molecule has 0 saturated heterocycles. The van der Waals surface area contributed by atoms with Crippen LogP contribution in [0.15, 0.2) is 47.1 Å². The van der Waals surface area contributed by atoms with Gasteiger partial charge in [-0.1, -0.05) is 47.6 Å². The Bertz CT molecular complexity index is 469. The molecule has 0 fully saturated rings. The van der Waals surface area contributed by atoms with E-state index < -0.39 is 0 Å². The second-order valence-electron chi connectivity index (χ2n) is 2.88. The summed E-state index contributed by atoms with van der Waals surface area (Å²) in [5.74, 6) is 0.747. The van der Waals surface area contributed by atoms with Gasteiger partial charge in [0.15, 0.2) is 0 Å². The van der Waals surface area contributed by atoms with Crippen molar-refractivity contribution in [3.05, 3.63) is 41.9 Å². The molecule has 0 saturated carbocycles. The Balaban J connectivity index is 2.19. The highest BCUT2D eigenvalue weighted by molar-refractivity contribution is 7.99. The van der Waals surface area contributed by atoms with Crippen molar-refractivity contribution in [1.82, 2.24) is 20.2 Å². The summed E-state index contributed by atoms with van der Waals surface area (Å²) in [5, 5.41) is 12.3. The van der Waals surface area contributed by atoms with E-state index in [0.29, 0.717) is 0 Å². The smallest absolute Gasteiger partial charge is 0.188 e. The Morgan fingerprint density at radius 1 is 1.31 bits per heavy atom. The van der Waals surface area contributed by atoms with Crippen molar-refractivity contribution in [3.63, 3.8) is 0 Å². The molecule has 0 aliphatic rings. The largest absolute Gasteiger partial charge is 0.214 e. The molecule has 0 unspecified atom stereocenters. The van der Waals surface area contributed by atoms with Crippen molar-refractivity contribution < 1.29 is 0 Å². The first-order valence-electron chi connectivity index (χ1n) is 4.63. The first kappa shape index (κ1) is 11.2. The van der Waals surface area contributed by atoms with Crippen LogP contribution < -0.4 is 0 Å². The first-order chi connectivity index (χ1) is 7.92. The van der Waals surface area contributed by atoms with Crippen molar-refractivity contribution in [2.75, 3.05) is 5.75 Å². The lowest BCUT2D eigenvalue weighted by atomic mass is 10.3. The highest BCUT2D eigenvalue weighted by Gasteiger charge is 2.06. The summed E-state index contributed by atoms with van der Waals surface area (Å²) in [6, 6.07) is 9.76. The zero-order valence-corrected chi connectivity index (χ0v) is 9.90. The molecule has 0 atom stereocenters. The topological polar surface area (TPSA) is 43.6 Å². The van der Waals surface area contributed by atoms with Crippen LogP contribution in [0.2, 0.25) is 0 Å². The molecule has 0 N–H and O–H groups in total. The third-order valence-electron chi connectivity index (χ3n) is 1.84. The van der Waals surface area contributed by atoms with Gasteiger partial charge in [0.1, 0.15) is 0 Å². The molecule has 2 rings (SSSR count). The van der Waals surface area contributed by atoms with Gasteiger partial charge in [0.2, 0.25) is 5.16 Å². The summed E-state index contributed by atoms with van der Waals surface area (Å²) < 4.78 is 1.70. The van der Waals surface area contributed by atoms with Crippen LogP contribution in [0.4, 0.5) is 0 Å². The predicted molar refractivity (Wildman–Crippen MR) is 64.9 cm³/mol. The van der Waals surface area contributed by atoms with Crippen LogP contribution in [0.3, 0.4) is 0 Å². The number of tetrazole rings is 1. The lowest BCUT2D eigenvalue weighted by Crippen LogP contribution is -1.98. The molecule has 4 nitrogen and oxygen atoms in total. The van der Waals surface area contributed by atoms with Crippen LogP contribution >= 0.6 is 23.4 Å². The molecule has 1 heterocycles. The monoisotopic (exact) mass is 252 g/mol. The molecule has 0 spiro atoms. The zero-order chi connectivity index (χ0) is 11.2. The van der Waals surface area contributed by atoms with Gasteiger partial charge < -0.3 is 0 Å². The first-order valence-corrected chi connectivity index (χ1v) is 6.06. The standard InChI is InChI=1S/C10H9ClN4S/c11-7-4-8-16-10-12-13-14-15(10)9-5-2-1-3-6-9/h1-7H,8H2/b7-4+. The van der Waals surface area contributed by atoms with Crippen LogP contribution in [0.5, 0.6) is 0 Å². The van der Waals surface area contributed by atoms with Gasteiger partial charge in [-0.2, -0.15) is 4.68 Å². The highest BCUT2D eigenvalue weighted by Crippen LogP contribution is 2.17. The van der Waals surface area contributed by atoms with Gasteiger partial charge in [-0.3, -0.25) is 0 Å². The maximum Gasteiger partial charge on any atom is 0.214 e. The SMILES string of the molecule is Cl/C=C/CSc1nnnn1-c1ccccc1. The van der Waals surface area contributed by atoms with Gasteiger partial charge >= 0.3 is 0 Å². The molecule has 6 heteroatoms. The lowest BCUT2D eigenvalue weighted by molar-refractivity contribution is 0.757. The Morgan fingerprint density at radius 2 is 2.12 bits per heavy atom. The minimum Gasteiger partial charge on any atom is -0.188 e. The summed E-state index contributed by atoms with van der Waals surface area (Å²) in [5.41, 5.74) is 2.44. The minimum absolute atomic E-state index is 0.747. The molecule has 0 aliphatic carbocycles. The molecule has 16 heavy (non-hydrogen) atoms. The summed E-state index contributed by atoms with van der Waals surface area (Å²) >= 11 is 6.97. The maximum absolute atomic E-state index is 5.45. The van der Waals surface area contributed by atoms with E-state index in [0.717, 1.165) is 16.6 Å². The molecule has 82 valence electrons. The quantitative estimate of drug-likeness (QED) is 0.785. The fraction of sp³-hybridized carbons (Fsp3) is 0.100. The lowest BCUT2D eigenvalue weighted by Gasteiger charge is -2.01. The fourth-order valence-electron chi connectivity index (χ4n) is 1.16. The summed E-state index contributed by atoms with van der Waals surface area (Å²) in [7, 11) is 0. The molecule has 0 bridgehead atoms. The third kappa shape index (κ3) is 2.62. The molecular weight excluding hydrogens is 244 g/mol. The highest BCUT2D eigenvalue weighted by atomic mass is 35.5. The van der Waals surface area contributed by atoms with Crippen molar-refractivity contribution in [2.24, 2.45) is 0 Å². The number of aromatic nitrogens is 4. The van der Waals surface area contributed by atoms with Gasteiger partial charge in [0.05, 0.1) is 5.69 Å². The Labute approximate surface area is 102 Å². The van der Waals surface area contributed by atoms with Crippen molar-refractivity contribution >= 4 is 23.4 Å². The number of rotatable bonds is 4. The average molecular weight is 253 g/mol.